The molecule has 1 aliphatic rings. The van der Waals surface area contributed by atoms with Crippen LogP contribution in [0.25, 0.3) is 0 Å². The molecule has 1 saturated heterocycles. The molecule has 2 aromatic rings. The third kappa shape index (κ3) is 3.42. The third-order valence-electron chi connectivity index (χ3n) is 3.64. The number of hydrogen-bond donors (Lipinski definition) is 2. The minimum atomic E-state index is -0.234. The average molecular weight is 318 g/mol. The van der Waals surface area contributed by atoms with Gasteiger partial charge in [0.25, 0.3) is 5.91 Å². The smallest absolute Gasteiger partial charge is 0.275 e. The van der Waals surface area contributed by atoms with Gasteiger partial charge in [0.15, 0.2) is 0 Å². The second kappa shape index (κ2) is 6.85. The molecule has 2 N–H and O–H groups in total. The van der Waals surface area contributed by atoms with E-state index in [1.165, 1.54) is 11.3 Å². The number of amides is 1. The molecule has 0 saturated carbocycles. The van der Waals surface area contributed by atoms with Crippen molar-refractivity contribution in [3.05, 3.63) is 35.0 Å². The van der Waals surface area contributed by atoms with Crippen molar-refractivity contribution in [1.82, 2.24) is 9.97 Å². The zero-order valence-corrected chi connectivity index (χ0v) is 13.1. The molecular weight excluding hydrogens is 300 g/mol. The van der Waals surface area contributed by atoms with Gasteiger partial charge in [0.1, 0.15) is 5.69 Å². The normalized spacial score (nSPS) is 18.9. The number of rotatable bonds is 5. The maximum atomic E-state index is 12.1. The fourth-order valence-electron chi connectivity index (χ4n) is 2.47. The first-order valence-electron chi connectivity index (χ1n) is 7.26. The van der Waals surface area contributed by atoms with E-state index in [9.17, 15) is 4.79 Å². The largest absolute Gasteiger partial charge is 0.378 e. The first-order chi connectivity index (χ1) is 10.7. The Hall–Kier alpha value is -1.99. The Morgan fingerprint density at radius 2 is 2.41 bits per heavy atom. The van der Waals surface area contributed by atoms with Gasteiger partial charge in [-0.15, -0.1) is 11.3 Å². The van der Waals surface area contributed by atoms with Gasteiger partial charge in [-0.2, -0.15) is 0 Å². The van der Waals surface area contributed by atoms with Crippen molar-refractivity contribution < 1.29 is 9.53 Å². The number of nitrogens with zero attached hydrogens (tertiary/aromatic N) is 2. The van der Waals surface area contributed by atoms with Crippen molar-refractivity contribution in [2.24, 2.45) is 0 Å². The summed E-state index contributed by atoms with van der Waals surface area (Å²) >= 11 is 1.39. The minimum Gasteiger partial charge on any atom is -0.378 e. The van der Waals surface area contributed by atoms with Gasteiger partial charge >= 0.3 is 0 Å². The van der Waals surface area contributed by atoms with Crippen LogP contribution >= 0.6 is 11.3 Å². The summed E-state index contributed by atoms with van der Waals surface area (Å²) in [6, 6.07) is 2.02. The molecule has 3 heterocycles. The highest BCUT2D eigenvalue weighted by Gasteiger charge is 2.23. The molecule has 0 radical (unpaired) electrons. The first kappa shape index (κ1) is 14.9. The van der Waals surface area contributed by atoms with Crippen LogP contribution in [0.3, 0.4) is 0 Å². The van der Waals surface area contributed by atoms with Gasteiger partial charge in [-0.1, -0.05) is 0 Å². The van der Waals surface area contributed by atoms with Gasteiger partial charge in [0.2, 0.25) is 0 Å². The summed E-state index contributed by atoms with van der Waals surface area (Å²) in [6.45, 7) is 2.91. The van der Waals surface area contributed by atoms with E-state index >= 15 is 0 Å². The lowest BCUT2D eigenvalue weighted by Crippen LogP contribution is -2.30. The van der Waals surface area contributed by atoms with Crippen LogP contribution in [0.5, 0.6) is 0 Å². The van der Waals surface area contributed by atoms with Crippen LogP contribution in [0.15, 0.2) is 29.4 Å². The highest BCUT2D eigenvalue weighted by atomic mass is 32.1. The Kier molecular flexibility index (Phi) is 4.65. The number of nitrogens with one attached hydrogen (secondary N) is 2. The molecule has 0 aliphatic carbocycles. The summed E-state index contributed by atoms with van der Waals surface area (Å²) < 4.78 is 5.69. The number of anilines is 2. The van der Waals surface area contributed by atoms with Gasteiger partial charge in [-0.25, -0.2) is 4.98 Å². The lowest BCUT2D eigenvalue weighted by molar-refractivity contribution is 0.0997. The summed E-state index contributed by atoms with van der Waals surface area (Å²) in [7, 11) is 0. The Morgan fingerprint density at radius 3 is 3.14 bits per heavy atom. The van der Waals surface area contributed by atoms with E-state index in [1.807, 2.05) is 6.07 Å². The van der Waals surface area contributed by atoms with E-state index in [0.29, 0.717) is 11.4 Å². The van der Waals surface area contributed by atoms with E-state index in [1.54, 1.807) is 23.3 Å². The van der Waals surface area contributed by atoms with E-state index in [2.05, 4.69) is 27.5 Å². The molecule has 1 aliphatic heterocycles. The van der Waals surface area contributed by atoms with Crippen molar-refractivity contribution in [2.45, 2.75) is 31.9 Å². The summed E-state index contributed by atoms with van der Waals surface area (Å²) in [5, 5.41) is 7.97. The van der Waals surface area contributed by atoms with Crippen molar-refractivity contribution in [1.29, 1.82) is 0 Å². The van der Waals surface area contributed by atoms with Gasteiger partial charge in [0.05, 0.1) is 29.2 Å². The summed E-state index contributed by atoms with van der Waals surface area (Å²) in [6.07, 6.45) is 5.69. The number of ether oxygens (including phenoxy) is 1. The maximum absolute atomic E-state index is 12.1. The molecule has 7 heteroatoms. The predicted octanol–water partition coefficient (Wildman–Crippen LogP) is 2.77. The number of hydrogen-bond acceptors (Lipinski definition) is 6. The van der Waals surface area contributed by atoms with Crippen LogP contribution in [-0.2, 0) is 4.74 Å². The van der Waals surface area contributed by atoms with Crippen LogP contribution in [0.4, 0.5) is 11.4 Å². The SMILES string of the molecule is C[C@H](Nc1ccncc1NC(=O)c1cscn1)[C@@H]1CCCO1. The van der Waals surface area contributed by atoms with Crippen LogP contribution < -0.4 is 10.6 Å². The Labute approximate surface area is 132 Å². The first-order valence-corrected chi connectivity index (χ1v) is 8.20. The van der Waals surface area contributed by atoms with Crippen LogP contribution in [0.2, 0.25) is 0 Å². The second-order valence-electron chi connectivity index (χ2n) is 5.23. The van der Waals surface area contributed by atoms with Gasteiger partial charge in [0, 0.05) is 24.2 Å². The van der Waals surface area contributed by atoms with Crippen LogP contribution in [0, 0.1) is 0 Å². The summed E-state index contributed by atoms with van der Waals surface area (Å²) in [5.74, 6) is -0.234. The number of carbonyl (C=O) groups excluding carboxylic acids is 1. The quantitative estimate of drug-likeness (QED) is 0.886. The number of carbonyl (C=O) groups is 1. The maximum Gasteiger partial charge on any atom is 0.275 e. The van der Waals surface area contributed by atoms with Crippen molar-refractivity contribution >= 4 is 28.6 Å². The lowest BCUT2D eigenvalue weighted by Gasteiger charge is -2.22. The molecule has 2 aromatic heterocycles. The van der Waals surface area contributed by atoms with Gasteiger partial charge in [-0.05, 0) is 25.8 Å². The molecule has 22 heavy (non-hydrogen) atoms. The predicted molar refractivity (Wildman–Crippen MR) is 86.4 cm³/mol. The van der Waals surface area contributed by atoms with Crippen molar-refractivity contribution in [3.63, 3.8) is 0 Å². The van der Waals surface area contributed by atoms with Crippen molar-refractivity contribution in [3.8, 4) is 0 Å². The van der Waals surface area contributed by atoms with E-state index in [4.69, 9.17) is 4.74 Å². The molecule has 6 nitrogen and oxygen atoms in total. The van der Waals surface area contributed by atoms with E-state index in [-0.39, 0.29) is 18.1 Å². The monoisotopic (exact) mass is 318 g/mol. The summed E-state index contributed by atoms with van der Waals surface area (Å²) in [5.41, 5.74) is 3.52. The van der Waals surface area contributed by atoms with Crippen LogP contribution in [0.1, 0.15) is 30.3 Å². The second-order valence-corrected chi connectivity index (χ2v) is 5.95. The van der Waals surface area contributed by atoms with Gasteiger partial charge < -0.3 is 15.4 Å². The standard InChI is InChI=1S/C15H18N4O2S/c1-10(14-3-2-6-21-14)18-11-4-5-16-7-12(11)19-15(20)13-8-22-9-17-13/h4-5,7-10,14H,2-3,6H2,1H3,(H,16,18)(H,19,20)/t10-,14-/m0/s1. The highest BCUT2D eigenvalue weighted by molar-refractivity contribution is 7.07. The topological polar surface area (TPSA) is 76.1 Å². The molecular formula is C15H18N4O2S. The van der Waals surface area contributed by atoms with Crippen molar-refractivity contribution in [2.75, 3.05) is 17.2 Å². The molecule has 116 valence electrons. The fourth-order valence-corrected chi connectivity index (χ4v) is 3.00. The number of aromatic nitrogens is 2. The van der Waals surface area contributed by atoms with Crippen LogP contribution in [-0.4, -0.2) is 34.6 Å². The Bertz CT molecular complexity index is 626. The lowest BCUT2D eigenvalue weighted by atomic mass is 10.1. The molecule has 3 rings (SSSR count). The summed E-state index contributed by atoms with van der Waals surface area (Å²) in [4.78, 5) is 20.2. The van der Waals surface area contributed by atoms with E-state index < -0.39 is 0 Å². The number of pyridine rings is 1. The molecule has 0 bridgehead atoms. The van der Waals surface area contributed by atoms with Gasteiger partial charge in [-0.3, -0.25) is 9.78 Å². The molecule has 1 amide bonds. The fraction of sp³-hybridized carbons (Fsp3) is 0.400. The third-order valence-corrected chi connectivity index (χ3v) is 4.23. The highest BCUT2D eigenvalue weighted by Crippen LogP contribution is 2.24. The number of thiazole rings is 1. The molecule has 0 unspecified atom stereocenters. The molecule has 1 fully saturated rings. The molecule has 0 aromatic carbocycles. The van der Waals surface area contributed by atoms with E-state index in [0.717, 1.165) is 25.1 Å². The average Bonchev–Trinajstić information content (AvgIpc) is 3.23. The Morgan fingerprint density at radius 1 is 1.50 bits per heavy atom. The molecule has 2 atom stereocenters. The minimum absolute atomic E-state index is 0.167. The zero-order chi connectivity index (χ0) is 15.4. The zero-order valence-electron chi connectivity index (χ0n) is 12.3. The molecule has 0 spiro atoms. The Balaban J connectivity index is 1.70.